The molecule has 4 nitrogen and oxygen atoms in total. The molecule has 0 atom stereocenters. The molecule has 5 heteroatoms. The Labute approximate surface area is 133 Å². The van der Waals surface area contributed by atoms with Crippen LogP contribution in [0.3, 0.4) is 0 Å². The number of nitrogens with one attached hydrogen (secondary N) is 3. The highest BCUT2D eigenvalue weighted by Gasteiger charge is 2.01. The second-order valence-corrected chi connectivity index (χ2v) is 5.56. The first-order chi connectivity index (χ1) is 9.72. The van der Waals surface area contributed by atoms with E-state index in [0.717, 1.165) is 17.9 Å². The molecule has 0 aliphatic carbocycles. The molecule has 0 aliphatic heterocycles. The van der Waals surface area contributed by atoms with Crippen LogP contribution in [-0.2, 0) is 6.54 Å². The van der Waals surface area contributed by atoms with Gasteiger partial charge in [-0.15, -0.1) is 0 Å². The summed E-state index contributed by atoms with van der Waals surface area (Å²) in [7, 11) is 3.76. The predicted octanol–water partition coefficient (Wildman–Crippen LogP) is 2.98. The van der Waals surface area contributed by atoms with Gasteiger partial charge in [0.2, 0.25) is 0 Å². The van der Waals surface area contributed by atoms with Gasteiger partial charge in [-0.25, -0.2) is 16.0 Å². The summed E-state index contributed by atoms with van der Waals surface area (Å²) in [5.41, 5.74) is 9.58. The Bertz CT molecular complexity index is 521. The number of rotatable bonds is 6. The molecule has 0 saturated carbocycles. The van der Waals surface area contributed by atoms with Crippen LogP contribution in [0.1, 0.15) is 5.56 Å². The summed E-state index contributed by atoms with van der Waals surface area (Å²) < 4.78 is 1.25. The van der Waals surface area contributed by atoms with Crippen molar-refractivity contribution < 1.29 is 0 Å². The van der Waals surface area contributed by atoms with Crippen molar-refractivity contribution in [1.29, 1.82) is 0 Å². The van der Waals surface area contributed by atoms with Crippen molar-refractivity contribution in [1.82, 2.24) is 10.9 Å². The molecular formula is C15H19IN4. The summed E-state index contributed by atoms with van der Waals surface area (Å²) >= 11 is 2.31. The van der Waals surface area contributed by atoms with E-state index in [1.54, 1.807) is 0 Å². The van der Waals surface area contributed by atoms with Crippen molar-refractivity contribution in [3.8, 4) is 0 Å². The van der Waals surface area contributed by atoms with Crippen molar-refractivity contribution >= 4 is 34.0 Å². The molecule has 0 aliphatic rings. The third kappa shape index (κ3) is 4.09. The summed E-state index contributed by atoms with van der Waals surface area (Å²) in [5, 5.41) is 5.27. The number of anilines is 2. The third-order valence-corrected chi connectivity index (χ3v) is 3.70. The number of nitrogens with zero attached hydrogens (tertiary/aromatic N) is 1. The van der Waals surface area contributed by atoms with E-state index < -0.39 is 0 Å². The second kappa shape index (κ2) is 7.47. The number of hydrogen-bond donors (Lipinski definition) is 3. The molecule has 0 saturated heterocycles. The quantitative estimate of drug-likeness (QED) is 0.531. The number of hydrogen-bond acceptors (Lipinski definition) is 4. The fourth-order valence-corrected chi connectivity index (χ4v) is 2.26. The van der Waals surface area contributed by atoms with Gasteiger partial charge >= 0.3 is 0 Å². The normalized spacial score (nSPS) is 10.3. The fraction of sp³-hybridized carbons (Fsp3) is 0.200. The van der Waals surface area contributed by atoms with Crippen LogP contribution in [-0.4, -0.2) is 14.1 Å². The average molecular weight is 382 g/mol. The van der Waals surface area contributed by atoms with E-state index in [1.807, 2.05) is 19.2 Å². The highest BCUT2D eigenvalue weighted by Crippen LogP contribution is 2.15. The zero-order valence-electron chi connectivity index (χ0n) is 11.7. The molecule has 2 rings (SSSR count). The summed E-state index contributed by atoms with van der Waals surface area (Å²) in [4.78, 5) is 0. The molecule has 20 heavy (non-hydrogen) atoms. The maximum absolute atomic E-state index is 3.42. The van der Waals surface area contributed by atoms with E-state index in [-0.39, 0.29) is 0 Å². The second-order valence-electron chi connectivity index (χ2n) is 4.31. The van der Waals surface area contributed by atoms with Gasteiger partial charge in [-0.3, -0.25) is 0 Å². The Morgan fingerprint density at radius 1 is 0.900 bits per heavy atom. The van der Waals surface area contributed by atoms with Crippen LogP contribution < -0.4 is 21.3 Å². The summed E-state index contributed by atoms with van der Waals surface area (Å²) in [6.07, 6.45) is 0. The minimum atomic E-state index is 0.819. The van der Waals surface area contributed by atoms with Crippen LogP contribution in [0, 0.1) is 3.57 Å². The van der Waals surface area contributed by atoms with Crippen molar-refractivity contribution in [2.75, 3.05) is 24.5 Å². The molecule has 0 unspecified atom stereocenters. The first-order valence-corrected chi connectivity index (χ1v) is 7.54. The largest absolute Gasteiger partial charge is 0.381 e. The van der Waals surface area contributed by atoms with Gasteiger partial charge in [-0.05, 0) is 64.6 Å². The molecule has 0 amide bonds. The number of halogens is 1. The van der Waals surface area contributed by atoms with Crippen LogP contribution in [0.4, 0.5) is 11.4 Å². The molecular weight excluding hydrogens is 363 g/mol. The van der Waals surface area contributed by atoms with Crippen LogP contribution >= 0.6 is 22.6 Å². The molecule has 0 bridgehead atoms. The number of hydrazine groups is 2. The Hall–Kier alpha value is -1.31. The summed E-state index contributed by atoms with van der Waals surface area (Å²) in [6.45, 7) is 0.819. The average Bonchev–Trinajstić information content (AvgIpc) is 2.49. The van der Waals surface area contributed by atoms with Crippen molar-refractivity contribution in [2.24, 2.45) is 0 Å². The lowest BCUT2D eigenvalue weighted by molar-refractivity contribution is 0.624. The lowest BCUT2D eigenvalue weighted by atomic mass is 10.2. The molecule has 0 radical (unpaired) electrons. The summed E-state index contributed by atoms with van der Waals surface area (Å²) in [5.74, 6) is 0. The zero-order chi connectivity index (χ0) is 14.4. The van der Waals surface area contributed by atoms with Crippen LogP contribution in [0.2, 0.25) is 0 Å². The molecule has 0 aromatic heterocycles. The molecule has 106 valence electrons. The highest BCUT2D eigenvalue weighted by molar-refractivity contribution is 14.1. The first kappa shape index (κ1) is 15.1. The van der Waals surface area contributed by atoms with Crippen molar-refractivity contribution in [3.05, 3.63) is 57.7 Å². The molecule has 3 N–H and O–H groups in total. The topological polar surface area (TPSA) is 39.3 Å². The molecule has 2 aromatic rings. The first-order valence-electron chi connectivity index (χ1n) is 6.46. The Morgan fingerprint density at radius 3 is 2.05 bits per heavy atom. The maximum Gasteiger partial charge on any atom is 0.0702 e. The van der Waals surface area contributed by atoms with Crippen molar-refractivity contribution in [2.45, 2.75) is 6.54 Å². The van der Waals surface area contributed by atoms with Gasteiger partial charge in [-0.2, -0.15) is 0 Å². The number of benzene rings is 2. The third-order valence-electron chi connectivity index (χ3n) is 2.98. The zero-order valence-corrected chi connectivity index (χ0v) is 13.8. The van der Waals surface area contributed by atoms with Gasteiger partial charge in [0.15, 0.2) is 0 Å². The standard InChI is InChI=1S/C15H19IN4/c1-17-20(18-2)15-9-3-12(4-10-15)11-19-14-7-5-13(16)6-8-14/h3-10,17-19H,11H2,1-2H3. The minimum Gasteiger partial charge on any atom is -0.381 e. The van der Waals surface area contributed by atoms with Crippen LogP contribution in [0.15, 0.2) is 48.5 Å². The van der Waals surface area contributed by atoms with Gasteiger partial charge in [0.1, 0.15) is 0 Å². The van der Waals surface area contributed by atoms with Gasteiger partial charge in [-0.1, -0.05) is 12.1 Å². The van der Waals surface area contributed by atoms with E-state index in [4.69, 9.17) is 0 Å². The van der Waals surface area contributed by atoms with E-state index in [2.05, 4.69) is 87.3 Å². The fourth-order valence-electron chi connectivity index (χ4n) is 1.90. The maximum atomic E-state index is 3.42. The Kier molecular flexibility index (Phi) is 5.63. The SMILES string of the molecule is CNN(NC)c1ccc(CNc2ccc(I)cc2)cc1. The molecule has 0 spiro atoms. The minimum absolute atomic E-state index is 0.819. The lowest BCUT2D eigenvalue weighted by Gasteiger charge is -2.21. The molecule has 0 fully saturated rings. The van der Waals surface area contributed by atoms with Crippen molar-refractivity contribution in [3.63, 3.8) is 0 Å². The van der Waals surface area contributed by atoms with E-state index in [1.165, 1.54) is 9.13 Å². The Morgan fingerprint density at radius 2 is 1.50 bits per heavy atom. The van der Waals surface area contributed by atoms with Crippen LogP contribution in [0.5, 0.6) is 0 Å². The lowest BCUT2D eigenvalue weighted by Crippen LogP contribution is -2.44. The van der Waals surface area contributed by atoms with E-state index in [9.17, 15) is 0 Å². The Balaban J connectivity index is 1.95. The van der Waals surface area contributed by atoms with E-state index in [0.29, 0.717) is 0 Å². The summed E-state index contributed by atoms with van der Waals surface area (Å²) in [6, 6.07) is 16.8. The van der Waals surface area contributed by atoms with Crippen LogP contribution in [0.25, 0.3) is 0 Å². The predicted molar refractivity (Wildman–Crippen MR) is 93.5 cm³/mol. The smallest absolute Gasteiger partial charge is 0.0702 e. The highest BCUT2D eigenvalue weighted by atomic mass is 127. The molecule has 2 aromatic carbocycles. The van der Waals surface area contributed by atoms with Gasteiger partial charge in [0.25, 0.3) is 0 Å². The van der Waals surface area contributed by atoms with E-state index >= 15 is 0 Å². The molecule has 0 heterocycles. The monoisotopic (exact) mass is 382 g/mol. The van der Waals surface area contributed by atoms with Gasteiger partial charge in [0, 0.05) is 29.9 Å². The van der Waals surface area contributed by atoms with Gasteiger partial charge in [0.05, 0.1) is 5.69 Å². The van der Waals surface area contributed by atoms with Gasteiger partial charge < -0.3 is 5.32 Å².